The molecule has 0 unspecified atom stereocenters. The number of hydrogen-bond acceptors (Lipinski definition) is 1. The highest BCUT2D eigenvalue weighted by atomic mass is 16.5. The molecule has 0 bridgehead atoms. The van der Waals surface area contributed by atoms with Crippen LogP contribution in [0.1, 0.15) is 48.0 Å². The second-order valence-electron chi connectivity index (χ2n) is 3.46. The van der Waals surface area contributed by atoms with Crippen LogP contribution in [0, 0.1) is 5.92 Å². The molecule has 0 saturated heterocycles. The lowest BCUT2D eigenvalue weighted by Crippen LogP contribution is -2.04. The van der Waals surface area contributed by atoms with Gasteiger partial charge in [0, 0.05) is 6.61 Å². The van der Waals surface area contributed by atoms with Gasteiger partial charge in [-0.05, 0) is 32.6 Å². The highest BCUT2D eigenvalue weighted by molar-refractivity contribution is 4.45. The van der Waals surface area contributed by atoms with Crippen molar-refractivity contribution in [2.24, 2.45) is 5.92 Å². The summed E-state index contributed by atoms with van der Waals surface area (Å²) in [6.07, 6.45) is 2.88. The molecule has 0 atom stereocenters. The lowest BCUT2D eigenvalue weighted by Gasteiger charge is -2.07. The van der Waals surface area contributed by atoms with E-state index in [2.05, 4.69) is 27.7 Å². The van der Waals surface area contributed by atoms with E-state index < -0.39 is 0 Å². The summed E-state index contributed by atoms with van der Waals surface area (Å²) in [5.74, 6) is 0.816. The molecule has 0 aromatic heterocycles. The van der Waals surface area contributed by atoms with Gasteiger partial charge in [-0.25, -0.2) is 0 Å². The van der Waals surface area contributed by atoms with Crippen molar-refractivity contribution in [3.8, 4) is 0 Å². The molecule has 1 heteroatoms. The first-order valence-electron chi connectivity index (χ1n) is 4.24. The molecule has 0 fully saturated rings. The third-order valence-corrected chi connectivity index (χ3v) is 1.38. The summed E-state index contributed by atoms with van der Waals surface area (Å²) in [6.45, 7) is 9.57. The summed E-state index contributed by atoms with van der Waals surface area (Å²) < 4.78 is 5.39. The average Bonchev–Trinajstić information content (AvgIpc) is 1.79. The second-order valence-corrected chi connectivity index (χ2v) is 3.46. The molecule has 11 heavy (non-hydrogen) atoms. The van der Waals surface area contributed by atoms with Crippen LogP contribution in [-0.2, 0) is 4.74 Å². The predicted octanol–water partition coefficient (Wildman–Crippen LogP) is 3.48. The number of ether oxygens (including phenoxy) is 1. The number of hydrogen-bond donors (Lipinski definition) is 0. The molecule has 0 aliphatic rings. The van der Waals surface area contributed by atoms with Crippen molar-refractivity contribution in [3.05, 3.63) is 0 Å². The zero-order valence-corrected chi connectivity index (χ0v) is 7.68. The number of rotatable bonds is 5. The Morgan fingerprint density at radius 3 is 2.00 bits per heavy atom. The molecular formula is C10H24O. The molecule has 0 heterocycles. The maximum absolute atomic E-state index is 5.39. The van der Waals surface area contributed by atoms with Crippen LogP contribution >= 0.6 is 0 Å². The van der Waals surface area contributed by atoms with Crippen molar-refractivity contribution < 1.29 is 4.74 Å². The summed E-state index contributed by atoms with van der Waals surface area (Å²) in [4.78, 5) is 0. The fraction of sp³-hybridized carbons (Fsp3) is 1.00. The van der Waals surface area contributed by atoms with Crippen molar-refractivity contribution in [2.75, 3.05) is 6.61 Å². The first-order valence-corrected chi connectivity index (χ1v) is 4.24. The van der Waals surface area contributed by atoms with Crippen LogP contribution in [0.5, 0.6) is 0 Å². The monoisotopic (exact) mass is 160 g/mol. The Kier molecular flexibility index (Phi) is 9.92. The van der Waals surface area contributed by atoms with Crippen LogP contribution in [0.4, 0.5) is 0 Å². The highest BCUT2D eigenvalue weighted by Crippen LogP contribution is 2.03. The van der Waals surface area contributed by atoms with E-state index >= 15 is 0 Å². The van der Waals surface area contributed by atoms with Crippen molar-refractivity contribution in [3.63, 3.8) is 0 Å². The fourth-order valence-electron chi connectivity index (χ4n) is 0.811. The zero-order valence-electron chi connectivity index (χ0n) is 7.68. The van der Waals surface area contributed by atoms with E-state index in [9.17, 15) is 0 Å². The predicted molar refractivity (Wildman–Crippen MR) is 51.9 cm³/mol. The lowest BCUT2D eigenvalue weighted by atomic mass is 10.1. The molecule has 0 N–H and O–H groups in total. The highest BCUT2D eigenvalue weighted by Gasteiger charge is 1.95. The van der Waals surface area contributed by atoms with E-state index in [1.165, 1.54) is 12.8 Å². The van der Waals surface area contributed by atoms with E-state index in [1.54, 1.807) is 0 Å². The Balaban J connectivity index is 0. The smallest absolute Gasteiger partial charge is 0.0518 e. The van der Waals surface area contributed by atoms with E-state index in [0.717, 1.165) is 12.5 Å². The minimum atomic E-state index is 0. The van der Waals surface area contributed by atoms with Gasteiger partial charge in [0.25, 0.3) is 0 Å². The quantitative estimate of drug-likeness (QED) is 0.559. The first kappa shape index (κ1) is 13.5. The zero-order chi connectivity index (χ0) is 7.98. The molecule has 70 valence electrons. The van der Waals surface area contributed by atoms with Crippen LogP contribution in [0.15, 0.2) is 0 Å². The molecule has 0 amide bonds. The Labute approximate surface area is 72.1 Å². The summed E-state index contributed by atoms with van der Waals surface area (Å²) in [6, 6.07) is 0. The first-order chi connectivity index (χ1) is 4.63. The van der Waals surface area contributed by atoms with E-state index in [1.807, 2.05) is 0 Å². The molecule has 0 aliphatic heterocycles. The molecule has 0 rings (SSSR count). The Morgan fingerprint density at radius 2 is 1.64 bits per heavy atom. The van der Waals surface area contributed by atoms with Gasteiger partial charge in [0.15, 0.2) is 0 Å². The van der Waals surface area contributed by atoms with Crippen molar-refractivity contribution >= 4 is 0 Å². The Morgan fingerprint density at radius 1 is 1.09 bits per heavy atom. The van der Waals surface area contributed by atoms with E-state index in [-0.39, 0.29) is 7.43 Å². The summed E-state index contributed by atoms with van der Waals surface area (Å²) in [5.41, 5.74) is 0. The maximum atomic E-state index is 5.39. The normalized spacial score (nSPS) is 10.4. The van der Waals surface area contributed by atoms with Crippen LogP contribution in [0.25, 0.3) is 0 Å². The summed E-state index contributed by atoms with van der Waals surface area (Å²) in [5, 5.41) is 0. The van der Waals surface area contributed by atoms with Gasteiger partial charge >= 0.3 is 0 Å². The Hall–Kier alpha value is -0.0400. The van der Waals surface area contributed by atoms with Gasteiger partial charge < -0.3 is 4.74 Å². The van der Waals surface area contributed by atoms with Crippen molar-refractivity contribution in [1.29, 1.82) is 0 Å². The molecule has 0 spiro atoms. The van der Waals surface area contributed by atoms with Crippen LogP contribution in [-0.4, -0.2) is 12.7 Å². The average molecular weight is 160 g/mol. The molecule has 0 saturated carbocycles. The standard InChI is InChI=1S/C9H20O.CH4/c1-8(2)6-5-7-10-9(3)4;/h8-9H,5-7H2,1-4H3;1H4. The Bertz CT molecular complexity index is 57.3. The van der Waals surface area contributed by atoms with Crippen LogP contribution < -0.4 is 0 Å². The van der Waals surface area contributed by atoms with Gasteiger partial charge in [-0.2, -0.15) is 0 Å². The van der Waals surface area contributed by atoms with Gasteiger partial charge in [-0.3, -0.25) is 0 Å². The lowest BCUT2D eigenvalue weighted by molar-refractivity contribution is 0.0743. The molecule has 0 aromatic rings. The summed E-state index contributed by atoms with van der Waals surface area (Å²) in [7, 11) is 0. The fourth-order valence-corrected chi connectivity index (χ4v) is 0.811. The van der Waals surface area contributed by atoms with E-state index in [4.69, 9.17) is 4.74 Å². The van der Waals surface area contributed by atoms with E-state index in [0.29, 0.717) is 6.10 Å². The molecule has 0 radical (unpaired) electrons. The third kappa shape index (κ3) is 13.0. The van der Waals surface area contributed by atoms with Gasteiger partial charge in [0.1, 0.15) is 0 Å². The van der Waals surface area contributed by atoms with Crippen molar-refractivity contribution in [1.82, 2.24) is 0 Å². The largest absolute Gasteiger partial charge is 0.379 e. The van der Waals surface area contributed by atoms with Crippen LogP contribution in [0.2, 0.25) is 0 Å². The van der Waals surface area contributed by atoms with Gasteiger partial charge in [0.2, 0.25) is 0 Å². The SMILES string of the molecule is C.CC(C)CCCOC(C)C. The van der Waals surface area contributed by atoms with Gasteiger partial charge in [-0.1, -0.05) is 21.3 Å². The van der Waals surface area contributed by atoms with Crippen LogP contribution in [0.3, 0.4) is 0 Å². The van der Waals surface area contributed by atoms with Crippen molar-refractivity contribution in [2.45, 2.75) is 54.1 Å². The maximum Gasteiger partial charge on any atom is 0.0518 e. The topological polar surface area (TPSA) is 9.23 Å². The van der Waals surface area contributed by atoms with Gasteiger partial charge in [-0.15, -0.1) is 0 Å². The third-order valence-electron chi connectivity index (χ3n) is 1.38. The molecular weight excluding hydrogens is 136 g/mol. The molecule has 1 nitrogen and oxygen atoms in total. The second kappa shape index (κ2) is 8.06. The molecule has 0 aromatic carbocycles. The van der Waals surface area contributed by atoms with Gasteiger partial charge in [0.05, 0.1) is 6.10 Å². The minimum Gasteiger partial charge on any atom is -0.379 e. The molecule has 0 aliphatic carbocycles. The minimum absolute atomic E-state index is 0. The summed E-state index contributed by atoms with van der Waals surface area (Å²) >= 11 is 0.